The van der Waals surface area contributed by atoms with Gasteiger partial charge in [0.2, 0.25) is 0 Å². The number of carboxylic acid groups (broad SMARTS) is 1. The number of imidazole rings is 1. The summed E-state index contributed by atoms with van der Waals surface area (Å²) in [6, 6.07) is 7.83. The van der Waals surface area contributed by atoms with Gasteiger partial charge in [0.1, 0.15) is 0 Å². The summed E-state index contributed by atoms with van der Waals surface area (Å²) < 4.78 is 1.61. The first-order valence-electron chi connectivity index (χ1n) is 6.08. The number of aryl methyl sites for hydroxylation is 1. The maximum atomic E-state index is 11.5. The third-order valence-electron chi connectivity index (χ3n) is 3.24. The van der Waals surface area contributed by atoms with Crippen LogP contribution in [0.4, 0.5) is 11.5 Å². The van der Waals surface area contributed by atoms with E-state index in [-0.39, 0.29) is 5.69 Å². The van der Waals surface area contributed by atoms with E-state index in [1.807, 2.05) is 48.5 Å². The monoisotopic (exact) mass is 287 g/mol. The van der Waals surface area contributed by atoms with Crippen LogP contribution < -0.4 is 4.90 Å². The standard InChI is InChI=1S/C14H13N3O2S/c1-9-5-3-4-6-10(9)16(2)12-11(13(18)19)17-7-8-20-14(17)15-12/h3-8H,1-2H3,(H,18,19). The van der Waals surface area contributed by atoms with Crippen LogP contribution in [0.15, 0.2) is 35.8 Å². The molecule has 0 fully saturated rings. The lowest BCUT2D eigenvalue weighted by atomic mass is 10.2. The molecule has 0 unspecified atom stereocenters. The summed E-state index contributed by atoms with van der Waals surface area (Å²) in [5, 5.41) is 11.3. The lowest BCUT2D eigenvalue weighted by Crippen LogP contribution is -2.15. The average Bonchev–Trinajstić information content (AvgIpc) is 2.97. The predicted octanol–water partition coefficient (Wildman–Crippen LogP) is 3.17. The van der Waals surface area contributed by atoms with Gasteiger partial charge in [-0.05, 0) is 18.6 Å². The van der Waals surface area contributed by atoms with Crippen LogP contribution in [0.25, 0.3) is 4.96 Å². The number of thiazole rings is 1. The van der Waals surface area contributed by atoms with Crippen LogP contribution in [0, 0.1) is 6.92 Å². The molecule has 102 valence electrons. The van der Waals surface area contributed by atoms with E-state index < -0.39 is 5.97 Å². The molecular weight excluding hydrogens is 274 g/mol. The molecule has 0 saturated carbocycles. The van der Waals surface area contributed by atoms with Gasteiger partial charge in [-0.25, -0.2) is 9.78 Å². The Hall–Kier alpha value is -2.34. The molecule has 2 heterocycles. The van der Waals surface area contributed by atoms with Gasteiger partial charge in [0.05, 0.1) is 0 Å². The van der Waals surface area contributed by atoms with Crippen molar-refractivity contribution in [3.63, 3.8) is 0 Å². The van der Waals surface area contributed by atoms with Crippen LogP contribution in [-0.4, -0.2) is 27.5 Å². The zero-order chi connectivity index (χ0) is 14.3. The van der Waals surface area contributed by atoms with E-state index in [1.165, 1.54) is 11.3 Å². The number of para-hydroxylation sites is 1. The van der Waals surface area contributed by atoms with E-state index in [0.29, 0.717) is 10.8 Å². The summed E-state index contributed by atoms with van der Waals surface area (Å²) in [6.07, 6.45) is 1.73. The van der Waals surface area contributed by atoms with Crippen LogP contribution in [0.3, 0.4) is 0 Å². The average molecular weight is 287 g/mol. The summed E-state index contributed by atoms with van der Waals surface area (Å²) in [7, 11) is 1.83. The second kappa shape index (κ2) is 4.64. The highest BCUT2D eigenvalue weighted by molar-refractivity contribution is 7.15. The van der Waals surface area contributed by atoms with Crippen molar-refractivity contribution in [2.75, 3.05) is 11.9 Å². The van der Waals surface area contributed by atoms with Gasteiger partial charge in [-0.3, -0.25) is 4.40 Å². The maximum absolute atomic E-state index is 11.5. The Morgan fingerprint density at radius 3 is 2.85 bits per heavy atom. The minimum absolute atomic E-state index is 0.187. The minimum atomic E-state index is -0.980. The van der Waals surface area contributed by atoms with Crippen LogP contribution in [0.2, 0.25) is 0 Å². The highest BCUT2D eigenvalue weighted by Gasteiger charge is 2.23. The molecule has 0 atom stereocenters. The van der Waals surface area contributed by atoms with Crippen molar-refractivity contribution < 1.29 is 9.90 Å². The first kappa shape index (κ1) is 12.7. The van der Waals surface area contributed by atoms with Gasteiger partial charge in [-0.15, -0.1) is 11.3 Å². The Kier molecular flexibility index (Phi) is 2.94. The summed E-state index contributed by atoms with van der Waals surface area (Å²) in [5.74, 6) is -0.523. The van der Waals surface area contributed by atoms with E-state index >= 15 is 0 Å². The second-order valence-corrected chi connectivity index (χ2v) is 5.36. The van der Waals surface area contributed by atoms with E-state index in [4.69, 9.17) is 0 Å². The molecule has 0 saturated heterocycles. The smallest absolute Gasteiger partial charge is 0.356 e. The minimum Gasteiger partial charge on any atom is -0.476 e. The van der Waals surface area contributed by atoms with E-state index in [2.05, 4.69) is 4.98 Å². The Morgan fingerprint density at radius 1 is 1.40 bits per heavy atom. The molecular formula is C14H13N3O2S. The number of hydrogen-bond acceptors (Lipinski definition) is 4. The van der Waals surface area contributed by atoms with Gasteiger partial charge >= 0.3 is 5.97 Å². The SMILES string of the molecule is Cc1ccccc1N(C)c1nc2sccn2c1C(=O)O. The van der Waals surface area contributed by atoms with E-state index in [1.54, 1.807) is 10.6 Å². The molecule has 0 aliphatic carbocycles. The molecule has 6 heteroatoms. The van der Waals surface area contributed by atoms with Gasteiger partial charge < -0.3 is 10.0 Å². The molecule has 0 aliphatic heterocycles. The van der Waals surface area contributed by atoms with Gasteiger partial charge in [-0.2, -0.15) is 0 Å². The molecule has 1 aromatic carbocycles. The fourth-order valence-electron chi connectivity index (χ4n) is 2.26. The number of nitrogens with zero attached hydrogens (tertiary/aromatic N) is 3. The number of aromatic carboxylic acids is 1. The normalized spacial score (nSPS) is 10.9. The lowest BCUT2D eigenvalue weighted by molar-refractivity contribution is 0.0690. The number of hydrogen-bond donors (Lipinski definition) is 1. The van der Waals surface area contributed by atoms with Gasteiger partial charge in [0, 0.05) is 24.3 Å². The van der Waals surface area contributed by atoms with Gasteiger partial charge in [0.15, 0.2) is 16.5 Å². The lowest BCUT2D eigenvalue weighted by Gasteiger charge is -2.19. The van der Waals surface area contributed by atoms with Crippen LogP contribution in [-0.2, 0) is 0 Å². The summed E-state index contributed by atoms with van der Waals surface area (Å²) in [4.78, 5) is 18.5. The predicted molar refractivity (Wildman–Crippen MR) is 79.3 cm³/mol. The van der Waals surface area contributed by atoms with Crippen LogP contribution in [0.5, 0.6) is 0 Å². The molecule has 5 nitrogen and oxygen atoms in total. The second-order valence-electron chi connectivity index (χ2n) is 4.49. The third-order valence-corrected chi connectivity index (χ3v) is 4.00. The van der Waals surface area contributed by atoms with Crippen molar-refractivity contribution in [3.05, 3.63) is 47.1 Å². The van der Waals surface area contributed by atoms with Gasteiger partial charge in [0.25, 0.3) is 0 Å². The molecule has 20 heavy (non-hydrogen) atoms. The third kappa shape index (κ3) is 1.85. The van der Waals surface area contributed by atoms with Crippen molar-refractivity contribution in [1.82, 2.24) is 9.38 Å². The van der Waals surface area contributed by atoms with Crippen LogP contribution in [0.1, 0.15) is 16.1 Å². The Labute approximate surface area is 119 Å². The van der Waals surface area contributed by atoms with E-state index in [9.17, 15) is 9.90 Å². The molecule has 3 aromatic rings. The zero-order valence-corrected chi connectivity index (χ0v) is 11.9. The first-order chi connectivity index (χ1) is 9.59. The highest BCUT2D eigenvalue weighted by Crippen LogP contribution is 2.30. The number of benzene rings is 1. The molecule has 1 N–H and O–H groups in total. The van der Waals surface area contributed by atoms with Crippen molar-refractivity contribution in [2.24, 2.45) is 0 Å². The molecule has 0 amide bonds. The molecule has 0 bridgehead atoms. The Morgan fingerprint density at radius 2 is 2.15 bits per heavy atom. The highest BCUT2D eigenvalue weighted by atomic mass is 32.1. The number of fused-ring (bicyclic) bond motifs is 1. The molecule has 0 spiro atoms. The van der Waals surface area contributed by atoms with Gasteiger partial charge in [-0.1, -0.05) is 18.2 Å². The fraction of sp³-hybridized carbons (Fsp3) is 0.143. The largest absolute Gasteiger partial charge is 0.476 e. The molecule has 3 rings (SSSR count). The zero-order valence-electron chi connectivity index (χ0n) is 11.1. The first-order valence-corrected chi connectivity index (χ1v) is 6.95. The topological polar surface area (TPSA) is 57.8 Å². The quantitative estimate of drug-likeness (QED) is 0.804. The molecule has 0 radical (unpaired) electrons. The Bertz CT molecular complexity index is 791. The van der Waals surface area contributed by atoms with Crippen molar-refractivity contribution in [2.45, 2.75) is 6.92 Å². The number of anilines is 2. The molecule has 0 aliphatic rings. The number of aromatic nitrogens is 2. The number of rotatable bonds is 3. The van der Waals surface area contributed by atoms with E-state index in [0.717, 1.165) is 11.3 Å². The summed E-state index contributed by atoms with van der Waals surface area (Å²) in [6.45, 7) is 1.99. The fourth-order valence-corrected chi connectivity index (χ4v) is 2.97. The van der Waals surface area contributed by atoms with Crippen molar-refractivity contribution in [3.8, 4) is 0 Å². The van der Waals surface area contributed by atoms with Crippen molar-refractivity contribution >= 4 is 33.8 Å². The maximum Gasteiger partial charge on any atom is 0.356 e. The molecule has 2 aromatic heterocycles. The summed E-state index contributed by atoms with van der Waals surface area (Å²) >= 11 is 1.42. The number of carbonyl (C=O) groups is 1. The Balaban J connectivity index is 2.19. The summed E-state index contributed by atoms with van der Waals surface area (Å²) in [5.41, 5.74) is 2.20. The van der Waals surface area contributed by atoms with Crippen molar-refractivity contribution in [1.29, 1.82) is 0 Å². The number of carboxylic acids is 1. The van der Waals surface area contributed by atoms with Crippen LogP contribution >= 0.6 is 11.3 Å².